The second kappa shape index (κ2) is 42.7. The van der Waals surface area contributed by atoms with Gasteiger partial charge in [-0.3, -0.25) is 0 Å². The van der Waals surface area contributed by atoms with Gasteiger partial charge in [0.15, 0.2) is 11.5 Å². The van der Waals surface area contributed by atoms with Gasteiger partial charge in [-0.25, -0.2) is 38.0 Å². The lowest BCUT2D eigenvalue weighted by molar-refractivity contribution is -0.142. The van der Waals surface area contributed by atoms with Crippen molar-refractivity contribution in [3.8, 4) is 28.4 Å². The first-order chi connectivity index (χ1) is 45.1. The summed E-state index contributed by atoms with van der Waals surface area (Å²) in [5.74, 6) is 2.01. The van der Waals surface area contributed by atoms with Crippen molar-refractivity contribution in [1.29, 1.82) is 0 Å². The van der Waals surface area contributed by atoms with Gasteiger partial charge in [0, 0.05) is 53.2 Å². The molecule has 0 aliphatic heterocycles. The molecule has 4 aliphatic carbocycles. The van der Waals surface area contributed by atoms with Crippen molar-refractivity contribution >= 4 is 41.8 Å². The minimum atomic E-state index is -0.708. The van der Waals surface area contributed by atoms with Crippen LogP contribution in [0.15, 0.2) is 124 Å². The van der Waals surface area contributed by atoms with Gasteiger partial charge in [-0.1, -0.05) is 117 Å². The molecule has 0 atom stereocenters. The van der Waals surface area contributed by atoms with E-state index in [1.54, 1.807) is 26.0 Å². The summed E-state index contributed by atoms with van der Waals surface area (Å²) < 4.78 is 62.0. The van der Waals surface area contributed by atoms with Crippen LogP contribution < -0.4 is 14.2 Å². The van der Waals surface area contributed by atoms with E-state index in [0.717, 1.165) is 111 Å². The highest BCUT2D eigenvalue weighted by molar-refractivity contribution is 5.87. The third-order valence-corrected chi connectivity index (χ3v) is 19.3. The summed E-state index contributed by atoms with van der Waals surface area (Å²) in [6, 6.07) is 8.65. The van der Waals surface area contributed by atoms with Crippen LogP contribution >= 0.6 is 0 Å². The second-order valence-electron chi connectivity index (χ2n) is 25.8. The molecule has 0 bridgehead atoms. The fourth-order valence-electron chi connectivity index (χ4n) is 13.8. The fraction of sp³-hybridized carbons (Fsp3) is 0.571. The molecule has 2 aromatic rings. The smallest absolute Gasteiger partial charge is 0.335 e. The lowest BCUT2D eigenvalue weighted by atomic mass is 9.62. The third kappa shape index (κ3) is 28.2. The summed E-state index contributed by atoms with van der Waals surface area (Å²) in [6.45, 7) is 33.7. The van der Waals surface area contributed by atoms with Gasteiger partial charge in [0.1, 0.15) is 38.0 Å². The number of hydrogen-bond donors (Lipinski definition) is 0. The minimum Gasteiger partial charge on any atom is -0.486 e. The minimum absolute atomic E-state index is 0.0102. The molecule has 0 spiro atoms. The fourth-order valence-corrected chi connectivity index (χ4v) is 13.8. The average molecular weight is 1310 g/mol. The molecule has 17 heteroatoms. The van der Waals surface area contributed by atoms with E-state index >= 15 is 0 Å². The van der Waals surface area contributed by atoms with Crippen LogP contribution in [0.2, 0.25) is 0 Å². The van der Waals surface area contributed by atoms with Crippen LogP contribution in [-0.4, -0.2) is 94.6 Å². The zero-order valence-electron chi connectivity index (χ0n) is 56.8. The Labute approximate surface area is 559 Å². The van der Waals surface area contributed by atoms with Crippen LogP contribution in [0.4, 0.5) is 4.39 Å². The molecule has 0 heterocycles. The molecular formula is C77H107FO16. The van der Waals surface area contributed by atoms with Crippen molar-refractivity contribution in [3.63, 3.8) is 0 Å². The van der Waals surface area contributed by atoms with E-state index in [1.807, 2.05) is 0 Å². The van der Waals surface area contributed by atoms with Crippen molar-refractivity contribution in [2.24, 2.45) is 46.3 Å². The lowest BCUT2D eigenvalue weighted by Gasteiger charge is -2.44. The predicted molar refractivity (Wildman–Crippen MR) is 363 cm³/mol. The van der Waals surface area contributed by atoms with Crippen LogP contribution in [0.1, 0.15) is 182 Å². The topological polar surface area (TPSA) is 203 Å². The van der Waals surface area contributed by atoms with Gasteiger partial charge in [-0.2, -0.15) is 0 Å². The van der Waals surface area contributed by atoms with Crippen LogP contribution in [0, 0.1) is 52.2 Å². The zero-order chi connectivity index (χ0) is 68.9. The van der Waals surface area contributed by atoms with E-state index in [0.29, 0.717) is 48.9 Å². The highest BCUT2D eigenvalue weighted by Crippen LogP contribution is 2.51. The predicted octanol–water partition coefficient (Wildman–Crippen LogP) is 16.6. The van der Waals surface area contributed by atoms with Crippen LogP contribution in [0.25, 0.3) is 11.1 Å². The molecule has 2 aromatic carbocycles. The number of benzene rings is 2. The maximum atomic E-state index is 14.7. The highest BCUT2D eigenvalue weighted by atomic mass is 19.1. The zero-order valence-corrected chi connectivity index (χ0v) is 56.8. The largest absolute Gasteiger partial charge is 0.486 e. The number of halogens is 1. The number of carbonyl (C=O) groups is 7. The number of carbonyl (C=O) groups excluding carboxylic acids is 7. The molecule has 0 radical (unpaired) electrons. The summed E-state index contributed by atoms with van der Waals surface area (Å²) in [6.07, 6.45) is 34.9. The molecule has 4 aliphatic rings. The Kier molecular flexibility index (Phi) is 35.8. The molecule has 0 unspecified atom stereocenters. The van der Waals surface area contributed by atoms with Crippen LogP contribution in [-0.2, 0) is 62.0 Å². The number of hydrogen-bond acceptors (Lipinski definition) is 16. The lowest BCUT2D eigenvalue weighted by Crippen LogP contribution is -2.34. The number of rotatable bonds is 35. The number of ether oxygens (including phenoxy) is 9. The van der Waals surface area contributed by atoms with Crippen LogP contribution in [0.5, 0.6) is 17.2 Å². The molecule has 0 saturated heterocycles. The Hall–Kier alpha value is -7.56. The summed E-state index contributed by atoms with van der Waals surface area (Å²) in [4.78, 5) is 80.1. The monoisotopic (exact) mass is 1310 g/mol. The van der Waals surface area contributed by atoms with Gasteiger partial charge < -0.3 is 42.6 Å². The van der Waals surface area contributed by atoms with Gasteiger partial charge >= 0.3 is 41.8 Å². The molecule has 0 amide bonds. The molecule has 94 heavy (non-hydrogen) atoms. The second-order valence-corrected chi connectivity index (χ2v) is 25.8. The summed E-state index contributed by atoms with van der Waals surface area (Å²) in [5, 5.41) is 0. The molecule has 4 fully saturated rings. The third-order valence-electron chi connectivity index (χ3n) is 19.3. The molecule has 4 saturated carbocycles. The summed E-state index contributed by atoms with van der Waals surface area (Å²) in [5.41, 5.74) is 1.72. The molecule has 0 aromatic heterocycles. The molecule has 518 valence electrons. The SMILES string of the molecule is C=C(C)C(=O)OCCC1(CCOC(=O)C(=C)C)CCC(C2CCC(CCC)CC2)CC1.C=CC(=O)OCCC1(CCOC(=O)C=C)CCC(C2CCC(CCC)CC2)CC1.C=CC(=O)OCCOc1ccc(-c2ccc(OC(=O)C=C)cc2F)cc1OCCOC(=O)C=C. The van der Waals surface area contributed by atoms with Gasteiger partial charge in [0.05, 0.1) is 26.4 Å². The van der Waals surface area contributed by atoms with Gasteiger partial charge in [0.25, 0.3) is 0 Å². The maximum absolute atomic E-state index is 14.7. The van der Waals surface area contributed by atoms with Gasteiger partial charge in [-0.15, -0.1) is 0 Å². The summed E-state index contributed by atoms with van der Waals surface area (Å²) in [7, 11) is 0. The van der Waals surface area contributed by atoms with Crippen molar-refractivity contribution in [2.45, 2.75) is 182 Å². The quantitative estimate of drug-likeness (QED) is 0.0207. The van der Waals surface area contributed by atoms with Crippen molar-refractivity contribution in [3.05, 3.63) is 130 Å². The van der Waals surface area contributed by atoms with E-state index in [-0.39, 0.29) is 78.2 Å². The van der Waals surface area contributed by atoms with E-state index in [4.69, 9.17) is 42.6 Å². The normalized spacial score (nSPS) is 18.9. The Morgan fingerprint density at radius 2 is 0.809 bits per heavy atom. The molecule has 0 N–H and O–H groups in total. The van der Waals surface area contributed by atoms with E-state index in [9.17, 15) is 38.0 Å². The Morgan fingerprint density at radius 1 is 0.447 bits per heavy atom. The van der Waals surface area contributed by atoms with Crippen LogP contribution in [0.3, 0.4) is 0 Å². The van der Waals surface area contributed by atoms with E-state index in [2.05, 4.69) is 59.9 Å². The van der Waals surface area contributed by atoms with Gasteiger partial charge in [-0.05, 0) is 193 Å². The van der Waals surface area contributed by atoms with E-state index in [1.165, 1.54) is 133 Å². The van der Waals surface area contributed by atoms with Crippen molar-refractivity contribution < 1.29 is 80.6 Å². The molecular weight excluding hydrogens is 1200 g/mol. The Morgan fingerprint density at radius 3 is 1.17 bits per heavy atom. The Bertz CT molecular complexity index is 2760. The van der Waals surface area contributed by atoms with Crippen molar-refractivity contribution in [2.75, 3.05) is 52.9 Å². The van der Waals surface area contributed by atoms with Gasteiger partial charge in [0.2, 0.25) is 0 Å². The molecule has 6 rings (SSSR count). The molecule has 16 nitrogen and oxygen atoms in total. The van der Waals surface area contributed by atoms with E-state index < -0.39 is 23.7 Å². The highest BCUT2D eigenvalue weighted by Gasteiger charge is 2.40. The summed E-state index contributed by atoms with van der Waals surface area (Å²) >= 11 is 0. The van der Waals surface area contributed by atoms with Crippen molar-refractivity contribution in [1.82, 2.24) is 0 Å². The first-order valence-corrected chi connectivity index (χ1v) is 34.0. The number of esters is 7. The average Bonchev–Trinajstić information content (AvgIpc) is 0.843. The first kappa shape index (κ1) is 78.9. The standard InChI is InChI=1S/C27H44O4.C25H23FO8.C25H40O4/c1-6-7-22-8-10-23(11-9-22)24-12-14-27(15-13-24,16-18-30-25(28)20(2)3)17-19-31-26(29)21(4)5;1-4-23(27)32-13-11-30-21-10-7-17(15-22(21)31-12-14-33-24(28)5-2)19-9-8-18(16-20(19)26)34-25(29)6-3;1-4-7-20-8-10-21(11-9-20)22-12-14-25(15-13-22,16-18-28-23(26)5-2)17-19-29-24(27)6-3/h22-24H,2,4,6-19H2,1,3,5H3;4-10,15-16H,1-3,11-14H2;5-6,20-22H,2-4,7-19H2,1H3. The maximum Gasteiger partial charge on any atom is 0.335 e. The Balaban J connectivity index is 0.000000301. The first-order valence-electron chi connectivity index (χ1n) is 34.0.